The van der Waals surface area contributed by atoms with Gasteiger partial charge in [-0.15, -0.1) is 0 Å². The fraction of sp³-hybridized carbons (Fsp3) is 0.733. The molecule has 2 fully saturated rings. The number of nitrogens with zero attached hydrogens (tertiary/aromatic N) is 3. The summed E-state index contributed by atoms with van der Waals surface area (Å²) >= 11 is 0. The topological polar surface area (TPSA) is 75.2 Å². The smallest absolute Gasteiger partial charge is 0.217 e. The third-order valence-electron chi connectivity index (χ3n) is 4.75. The van der Waals surface area contributed by atoms with Crippen molar-refractivity contribution >= 4 is 15.8 Å². The zero-order valence-corrected chi connectivity index (χ0v) is 13.8. The number of anilines is 1. The first-order valence-corrected chi connectivity index (χ1v) is 9.63. The Morgan fingerprint density at radius 2 is 1.91 bits per heavy atom. The maximum absolute atomic E-state index is 13.0. The molecule has 3 rings (SSSR count). The van der Waals surface area contributed by atoms with Gasteiger partial charge in [0.25, 0.3) is 0 Å². The average Bonchev–Trinajstić information content (AvgIpc) is 3.06. The van der Waals surface area contributed by atoms with Crippen molar-refractivity contribution in [1.82, 2.24) is 14.3 Å². The van der Waals surface area contributed by atoms with Crippen LogP contribution in [0.2, 0.25) is 0 Å². The zero-order chi connectivity index (χ0) is 15.6. The second-order valence-corrected chi connectivity index (χ2v) is 8.32. The van der Waals surface area contributed by atoms with E-state index in [-0.39, 0.29) is 11.3 Å². The molecule has 2 aliphatic rings. The van der Waals surface area contributed by atoms with Gasteiger partial charge in [-0.3, -0.25) is 4.98 Å². The second-order valence-electron chi connectivity index (χ2n) is 6.15. The van der Waals surface area contributed by atoms with Crippen molar-refractivity contribution in [2.24, 2.45) is 0 Å². The van der Waals surface area contributed by atoms with Gasteiger partial charge in [0.1, 0.15) is 5.82 Å². The van der Waals surface area contributed by atoms with Gasteiger partial charge in [-0.2, -0.15) is 4.31 Å². The Labute approximate surface area is 132 Å². The normalized spacial score (nSPS) is 24.5. The molecule has 0 bridgehead atoms. The van der Waals surface area contributed by atoms with Crippen LogP contribution in [0, 0.1) is 0 Å². The van der Waals surface area contributed by atoms with Crippen LogP contribution in [-0.2, 0) is 10.0 Å². The van der Waals surface area contributed by atoms with E-state index in [0.717, 1.165) is 50.6 Å². The van der Waals surface area contributed by atoms with Crippen LogP contribution in [0.15, 0.2) is 12.4 Å². The lowest BCUT2D eigenvalue weighted by Crippen LogP contribution is -2.39. The van der Waals surface area contributed by atoms with Crippen molar-refractivity contribution in [3.8, 4) is 0 Å². The Kier molecular flexibility index (Phi) is 4.63. The lowest BCUT2D eigenvalue weighted by molar-refractivity contribution is 0.370. The third kappa shape index (κ3) is 2.96. The molecule has 0 unspecified atom stereocenters. The van der Waals surface area contributed by atoms with Crippen molar-refractivity contribution in [1.29, 1.82) is 0 Å². The first-order valence-electron chi connectivity index (χ1n) is 8.13. The van der Waals surface area contributed by atoms with E-state index in [1.54, 1.807) is 23.7 Å². The summed E-state index contributed by atoms with van der Waals surface area (Å²) in [7, 11) is -1.44. The molecule has 22 heavy (non-hydrogen) atoms. The van der Waals surface area contributed by atoms with Gasteiger partial charge in [0.05, 0.1) is 29.4 Å². The van der Waals surface area contributed by atoms with Crippen molar-refractivity contribution in [2.45, 2.75) is 56.2 Å². The largest absolute Gasteiger partial charge is 0.372 e. The molecule has 1 saturated carbocycles. The molecule has 1 aliphatic carbocycles. The molecule has 2 heterocycles. The molecule has 1 saturated heterocycles. The lowest BCUT2D eigenvalue weighted by atomic mass is 10.0. The molecule has 122 valence electrons. The van der Waals surface area contributed by atoms with Crippen LogP contribution in [0.4, 0.5) is 5.82 Å². The minimum absolute atomic E-state index is 0.160. The number of rotatable bonds is 4. The van der Waals surface area contributed by atoms with Crippen LogP contribution in [0.5, 0.6) is 0 Å². The fourth-order valence-corrected chi connectivity index (χ4v) is 5.82. The summed E-state index contributed by atoms with van der Waals surface area (Å²) in [5.74, 6) is 0.680. The first-order chi connectivity index (χ1) is 10.6. The van der Waals surface area contributed by atoms with Gasteiger partial charge in [-0.25, -0.2) is 13.4 Å². The van der Waals surface area contributed by atoms with E-state index in [0.29, 0.717) is 12.4 Å². The van der Waals surface area contributed by atoms with Crippen molar-refractivity contribution < 1.29 is 8.42 Å². The zero-order valence-electron chi connectivity index (χ0n) is 13.0. The molecule has 0 aromatic carbocycles. The molecule has 0 radical (unpaired) electrons. The van der Waals surface area contributed by atoms with E-state index in [9.17, 15) is 8.42 Å². The third-order valence-corrected chi connectivity index (χ3v) is 7.16. The second kappa shape index (κ2) is 6.50. The molecule has 0 amide bonds. The predicted octanol–water partition coefficient (Wildman–Crippen LogP) is 2.32. The van der Waals surface area contributed by atoms with Gasteiger partial charge in [-0.05, 0) is 25.7 Å². The number of nitrogens with one attached hydrogen (secondary N) is 1. The summed E-state index contributed by atoms with van der Waals surface area (Å²) in [6.07, 6.45) is 9.87. The fourth-order valence-electron chi connectivity index (χ4n) is 3.56. The Balaban J connectivity index is 1.85. The number of hydrogen-bond acceptors (Lipinski definition) is 5. The first kappa shape index (κ1) is 15.7. The Morgan fingerprint density at radius 3 is 2.64 bits per heavy atom. The highest BCUT2D eigenvalue weighted by Gasteiger charge is 2.40. The number of sulfonamides is 1. The van der Waals surface area contributed by atoms with Crippen molar-refractivity contribution in [3.05, 3.63) is 18.1 Å². The minimum Gasteiger partial charge on any atom is -0.372 e. The summed E-state index contributed by atoms with van der Waals surface area (Å²) in [6.45, 7) is 0.606. The van der Waals surface area contributed by atoms with Gasteiger partial charge < -0.3 is 5.32 Å². The van der Waals surface area contributed by atoms with E-state index < -0.39 is 10.0 Å². The van der Waals surface area contributed by atoms with Crippen LogP contribution in [0.25, 0.3) is 0 Å². The standard InChI is InChI=1S/C15H24N4O2S/c1-16-15-11-17-10-13(18-15)14-8-5-9-19(14)22(20,21)12-6-3-2-4-7-12/h10-12,14H,2-9H2,1H3,(H,16,18)/t14-/m0/s1. The van der Waals surface area contributed by atoms with Crippen LogP contribution in [0.1, 0.15) is 56.7 Å². The van der Waals surface area contributed by atoms with Gasteiger partial charge in [0.2, 0.25) is 10.0 Å². The average molecular weight is 324 g/mol. The molecule has 0 spiro atoms. The highest BCUT2D eigenvalue weighted by atomic mass is 32.2. The van der Waals surface area contributed by atoms with E-state index in [2.05, 4.69) is 15.3 Å². The molecule has 1 N–H and O–H groups in total. The Hall–Kier alpha value is -1.21. The van der Waals surface area contributed by atoms with Gasteiger partial charge >= 0.3 is 0 Å². The van der Waals surface area contributed by atoms with E-state index in [1.165, 1.54) is 0 Å². The monoisotopic (exact) mass is 324 g/mol. The summed E-state index contributed by atoms with van der Waals surface area (Å²) in [5.41, 5.74) is 0.753. The number of hydrogen-bond donors (Lipinski definition) is 1. The van der Waals surface area contributed by atoms with Crippen LogP contribution in [-0.4, -0.2) is 41.5 Å². The molecular formula is C15H24N4O2S. The van der Waals surface area contributed by atoms with E-state index >= 15 is 0 Å². The van der Waals surface area contributed by atoms with Crippen molar-refractivity contribution in [3.63, 3.8) is 0 Å². The molecule has 6 nitrogen and oxygen atoms in total. The predicted molar refractivity (Wildman–Crippen MR) is 86.1 cm³/mol. The molecule has 1 aliphatic heterocycles. The van der Waals surface area contributed by atoms with Gasteiger partial charge in [0.15, 0.2) is 0 Å². The van der Waals surface area contributed by atoms with Crippen molar-refractivity contribution in [2.75, 3.05) is 18.9 Å². The molecule has 1 aromatic rings. The van der Waals surface area contributed by atoms with Gasteiger partial charge in [0, 0.05) is 13.6 Å². The van der Waals surface area contributed by atoms with Crippen LogP contribution in [0.3, 0.4) is 0 Å². The van der Waals surface area contributed by atoms with Crippen LogP contribution >= 0.6 is 0 Å². The Morgan fingerprint density at radius 1 is 1.14 bits per heavy atom. The molecule has 7 heteroatoms. The maximum Gasteiger partial charge on any atom is 0.217 e. The lowest BCUT2D eigenvalue weighted by Gasteiger charge is -2.30. The molecular weight excluding hydrogens is 300 g/mol. The summed E-state index contributed by atoms with van der Waals surface area (Å²) < 4.78 is 27.7. The summed E-state index contributed by atoms with van der Waals surface area (Å²) in [4.78, 5) is 8.68. The number of aromatic nitrogens is 2. The van der Waals surface area contributed by atoms with E-state index in [1.807, 2.05) is 0 Å². The highest BCUT2D eigenvalue weighted by molar-refractivity contribution is 7.89. The quantitative estimate of drug-likeness (QED) is 0.920. The molecule has 1 atom stereocenters. The van der Waals surface area contributed by atoms with Gasteiger partial charge in [-0.1, -0.05) is 19.3 Å². The summed E-state index contributed by atoms with van der Waals surface area (Å²) in [6, 6.07) is -0.160. The summed E-state index contributed by atoms with van der Waals surface area (Å²) in [5, 5.41) is 2.76. The maximum atomic E-state index is 13.0. The highest BCUT2D eigenvalue weighted by Crippen LogP contribution is 2.37. The Bertz CT molecular complexity index is 614. The van der Waals surface area contributed by atoms with Crippen LogP contribution < -0.4 is 5.32 Å². The molecule has 1 aromatic heterocycles. The minimum atomic E-state index is -3.23. The van der Waals surface area contributed by atoms with E-state index in [4.69, 9.17) is 0 Å². The SMILES string of the molecule is CNc1cncc([C@@H]2CCCN2S(=O)(=O)C2CCCCC2)n1.